The van der Waals surface area contributed by atoms with Gasteiger partial charge in [0.1, 0.15) is 7.28 Å². The average Bonchev–Trinajstić information content (AvgIpc) is 2.50. The molecule has 121 valence electrons. The molecule has 0 aliphatic heterocycles. The van der Waals surface area contributed by atoms with Crippen molar-refractivity contribution in [3.8, 4) is 0 Å². The Labute approximate surface area is 131 Å². The maximum absolute atomic E-state index is 12.9. The Morgan fingerprint density at radius 2 is 1.91 bits per heavy atom. The molecule has 1 aliphatic carbocycles. The first-order chi connectivity index (χ1) is 10.5. The second kappa shape index (κ2) is 7.54. The maximum atomic E-state index is 12.9. The number of methoxy groups -OCH3 is 1. The minimum absolute atomic E-state index is 0.0995. The van der Waals surface area contributed by atoms with Crippen LogP contribution < -0.4 is 0 Å². The van der Waals surface area contributed by atoms with Gasteiger partial charge in [-0.1, -0.05) is 38.5 Å². The Morgan fingerprint density at radius 3 is 2.45 bits per heavy atom. The second-order valence-electron chi connectivity index (χ2n) is 6.08. The number of alkyl halides is 3. The maximum Gasteiger partial charge on any atom is 0.416 e. The molecular formula is C17H23BF3O. The highest BCUT2D eigenvalue weighted by Gasteiger charge is 2.32. The lowest BCUT2D eigenvalue weighted by Crippen LogP contribution is -2.20. The van der Waals surface area contributed by atoms with Crippen LogP contribution in [0.1, 0.15) is 54.9 Å². The third-order valence-corrected chi connectivity index (χ3v) is 4.53. The minimum Gasteiger partial charge on any atom is -0.376 e. The Bertz CT molecular complexity index is 481. The van der Waals surface area contributed by atoms with Gasteiger partial charge in [-0.3, -0.25) is 0 Å². The van der Waals surface area contributed by atoms with E-state index < -0.39 is 11.7 Å². The zero-order chi connectivity index (χ0) is 16.2. The molecule has 1 radical (unpaired) electrons. The van der Waals surface area contributed by atoms with Crippen LogP contribution in [0.2, 0.25) is 6.82 Å². The van der Waals surface area contributed by atoms with E-state index in [1.807, 2.05) is 14.1 Å². The van der Waals surface area contributed by atoms with Crippen LogP contribution in [0.3, 0.4) is 0 Å². The van der Waals surface area contributed by atoms with Gasteiger partial charge in [-0.05, 0) is 42.0 Å². The van der Waals surface area contributed by atoms with Gasteiger partial charge in [0.25, 0.3) is 0 Å². The number of halogens is 3. The first kappa shape index (κ1) is 17.4. The molecule has 0 aromatic heterocycles. The molecule has 1 aromatic rings. The van der Waals surface area contributed by atoms with Crippen molar-refractivity contribution in [3.05, 3.63) is 34.9 Å². The fourth-order valence-corrected chi connectivity index (χ4v) is 3.47. The molecule has 0 amide bonds. The van der Waals surface area contributed by atoms with Crippen molar-refractivity contribution < 1.29 is 17.9 Å². The summed E-state index contributed by atoms with van der Waals surface area (Å²) >= 11 is 0. The van der Waals surface area contributed by atoms with E-state index in [1.165, 1.54) is 31.4 Å². The van der Waals surface area contributed by atoms with Gasteiger partial charge in [-0.2, -0.15) is 13.2 Å². The van der Waals surface area contributed by atoms with Gasteiger partial charge in [-0.25, -0.2) is 0 Å². The van der Waals surface area contributed by atoms with Crippen LogP contribution in [0.15, 0.2) is 18.2 Å². The monoisotopic (exact) mass is 311 g/mol. The molecule has 1 nitrogen and oxygen atoms in total. The van der Waals surface area contributed by atoms with Crippen molar-refractivity contribution >= 4 is 7.28 Å². The normalized spacial score (nSPS) is 18.2. The Kier molecular flexibility index (Phi) is 5.96. The van der Waals surface area contributed by atoms with Gasteiger partial charge >= 0.3 is 6.18 Å². The molecule has 1 fully saturated rings. The molecule has 0 bridgehead atoms. The van der Waals surface area contributed by atoms with Crippen molar-refractivity contribution in [2.75, 3.05) is 7.11 Å². The SMILES string of the molecule is C[B]Cc1cc(C(F)(F)F)ccc1C(OC)C1CCCCC1. The van der Waals surface area contributed by atoms with Gasteiger partial charge in [0.05, 0.1) is 11.7 Å². The molecule has 0 N–H and O–H groups in total. The van der Waals surface area contributed by atoms with Crippen LogP contribution >= 0.6 is 0 Å². The molecular weight excluding hydrogens is 288 g/mol. The van der Waals surface area contributed by atoms with Gasteiger partial charge < -0.3 is 4.74 Å². The standard InChI is InChI=1S/C17H23BF3O/c1-18-11-13-10-14(17(19,20)21)8-9-15(13)16(22-2)12-6-4-3-5-7-12/h8-10,12,16H,3-7,11H2,1-2H3. The summed E-state index contributed by atoms with van der Waals surface area (Å²) in [4.78, 5) is 0. The molecule has 0 spiro atoms. The number of ether oxygens (including phenoxy) is 1. The van der Waals surface area contributed by atoms with Crippen LogP contribution in [-0.2, 0) is 17.2 Å². The van der Waals surface area contributed by atoms with E-state index in [9.17, 15) is 13.2 Å². The smallest absolute Gasteiger partial charge is 0.376 e. The predicted molar refractivity (Wildman–Crippen MR) is 83.1 cm³/mol. The van der Waals surface area contributed by atoms with E-state index in [0.29, 0.717) is 12.2 Å². The Hall–Kier alpha value is -0.965. The molecule has 1 aliphatic rings. The fraction of sp³-hybridized carbons (Fsp3) is 0.647. The highest BCUT2D eigenvalue weighted by Crippen LogP contribution is 2.39. The van der Waals surface area contributed by atoms with Gasteiger partial charge in [0, 0.05) is 7.11 Å². The van der Waals surface area contributed by atoms with Gasteiger partial charge in [0.15, 0.2) is 0 Å². The number of hydrogen-bond acceptors (Lipinski definition) is 1. The van der Waals surface area contributed by atoms with Crippen LogP contribution in [0.5, 0.6) is 0 Å². The average molecular weight is 311 g/mol. The third-order valence-electron chi connectivity index (χ3n) is 4.53. The van der Waals surface area contributed by atoms with E-state index >= 15 is 0 Å². The molecule has 22 heavy (non-hydrogen) atoms. The lowest BCUT2D eigenvalue weighted by atomic mass is 9.72. The topological polar surface area (TPSA) is 9.23 Å². The summed E-state index contributed by atoms with van der Waals surface area (Å²) in [6.45, 7) is 1.87. The predicted octanol–water partition coefficient (Wildman–Crippen LogP) is 5.23. The van der Waals surface area contributed by atoms with Crippen molar-refractivity contribution in [3.63, 3.8) is 0 Å². The first-order valence-corrected chi connectivity index (χ1v) is 7.98. The summed E-state index contributed by atoms with van der Waals surface area (Å²) in [7, 11) is 3.56. The summed E-state index contributed by atoms with van der Waals surface area (Å²) in [6.07, 6.45) is 1.93. The highest BCUT2D eigenvalue weighted by atomic mass is 19.4. The molecule has 2 rings (SSSR count). The number of rotatable bonds is 5. The van der Waals surface area contributed by atoms with E-state index in [4.69, 9.17) is 4.74 Å². The van der Waals surface area contributed by atoms with Crippen molar-refractivity contribution in [2.45, 2.75) is 57.5 Å². The van der Waals surface area contributed by atoms with Crippen molar-refractivity contribution in [2.24, 2.45) is 5.92 Å². The van der Waals surface area contributed by atoms with E-state index in [1.54, 1.807) is 13.2 Å². The lowest BCUT2D eigenvalue weighted by Gasteiger charge is -2.31. The van der Waals surface area contributed by atoms with E-state index in [0.717, 1.165) is 24.0 Å². The largest absolute Gasteiger partial charge is 0.416 e. The van der Waals surface area contributed by atoms with Crippen LogP contribution in [-0.4, -0.2) is 14.4 Å². The van der Waals surface area contributed by atoms with Crippen LogP contribution in [0.4, 0.5) is 13.2 Å². The fourth-order valence-electron chi connectivity index (χ4n) is 3.47. The zero-order valence-corrected chi connectivity index (χ0v) is 13.2. The minimum atomic E-state index is -4.30. The van der Waals surface area contributed by atoms with Crippen molar-refractivity contribution in [1.29, 1.82) is 0 Å². The van der Waals surface area contributed by atoms with Crippen LogP contribution in [0.25, 0.3) is 0 Å². The highest BCUT2D eigenvalue weighted by molar-refractivity contribution is 6.32. The molecule has 1 atom stereocenters. The summed E-state index contributed by atoms with van der Waals surface area (Å²) in [5.41, 5.74) is 1.07. The molecule has 1 saturated carbocycles. The molecule has 1 aromatic carbocycles. The number of hydrogen-bond donors (Lipinski definition) is 0. The zero-order valence-electron chi connectivity index (χ0n) is 13.2. The molecule has 0 saturated heterocycles. The Balaban J connectivity index is 2.34. The third kappa shape index (κ3) is 4.06. The van der Waals surface area contributed by atoms with E-state index in [-0.39, 0.29) is 6.10 Å². The summed E-state index contributed by atoms with van der Waals surface area (Å²) in [6, 6.07) is 4.08. The molecule has 0 heterocycles. The summed E-state index contributed by atoms with van der Waals surface area (Å²) in [5, 5.41) is 0. The quantitative estimate of drug-likeness (QED) is 0.677. The number of benzene rings is 1. The summed E-state index contributed by atoms with van der Waals surface area (Å²) in [5.74, 6) is 0.408. The molecule has 5 heteroatoms. The van der Waals surface area contributed by atoms with E-state index in [2.05, 4.69) is 0 Å². The Morgan fingerprint density at radius 1 is 1.23 bits per heavy atom. The lowest BCUT2D eigenvalue weighted by molar-refractivity contribution is -0.137. The van der Waals surface area contributed by atoms with Crippen LogP contribution in [0, 0.1) is 5.92 Å². The molecule has 1 unspecified atom stereocenters. The summed E-state index contributed by atoms with van der Waals surface area (Å²) < 4.78 is 44.5. The van der Waals surface area contributed by atoms with Crippen molar-refractivity contribution in [1.82, 2.24) is 0 Å². The first-order valence-electron chi connectivity index (χ1n) is 7.98. The van der Waals surface area contributed by atoms with Gasteiger partial charge in [-0.15, -0.1) is 0 Å². The second-order valence-corrected chi connectivity index (χ2v) is 6.08. The van der Waals surface area contributed by atoms with Gasteiger partial charge in [0.2, 0.25) is 0 Å².